The first kappa shape index (κ1) is 25.5. The van der Waals surface area contributed by atoms with Gasteiger partial charge in [0.2, 0.25) is 12.2 Å². The van der Waals surface area contributed by atoms with E-state index < -0.39 is 59.8 Å². The molecule has 0 spiro atoms. The maximum absolute atomic E-state index is 12.1. The van der Waals surface area contributed by atoms with Crippen LogP contribution < -0.4 is 0 Å². The van der Waals surface area contributed by atoms with E-state index in [9.17, 15) is 49.8 Å². The highest BCUT2D eigenvalue weighted by atomic mass is 16.6. The summed E-state index contributed by atoms with van der Waals surface area (Å²) in [5.74, 6) is -7.82. The highest BCUT2D eigenvalue weighted by molar-refractivity contribution is 5.92. The molecule has 12 nitrogen and oxygen atoms in total. The molecule has 2 aromatic rings. The van der Waals surface area contributed by atoms with Crippen LogP contribution in [-0.2, 0) is 35.1 Å². The minimum absolute atomic E-state index is 0.0290. The van der Waals surface area contributed by atoms with Crippen molar-refractivity contribution in [1.82, 2.24) is 0 Å². The molecule has 180 valence electrons. The predicted octanol–water partition coefficient (Wildman–Crippen LogP) is 1.15. The second-order valence-electron chi connectivity index (χ2n) is 6.85. The molecule has 0 saturated carbocycles. The second kappa shape index (κ2) is 11.2. The molecule has 2 rings (SSSR count). The number of phenols is 4. The van der Waals surface area contributed by atoms with Gasteiger partial charge in [0.25, 0.3) is 0 Å². The van der Waals surface area contributed by atoms with Crippen molar-refractivity contribution in [2.45, 2.75) is 25.0 Å². The summed E-state index contributed by atoms with van der Waals surface area (Å²) < 4.78 is 9.36. The third kappa shape index (κ3) is 7.15. The number of benzene rings is 2. The lowest BCUT2D eigenvalue weighted by Gasteiger charge is -2.20. The highest BCUT2D eigenvalue weighted by Crippen LogP contribution is 2.26. The summed E-state index contributed by atoms with van der Waals surface area (Å²) in [6.45, 7) is 0. The van der Waals surface area contributed by atoms with Gasteiger partial charge in [-0.15, -0.1) is 0 Å². The zero-order chi connectivity index (χ0) is 25.4. The maximum atomic E-state index is 12.1. The molecule has 0 aliphatic heterocycles. The molecule has 0 radical (unpaired) electrons. The summed E-state index contributed by atoms with van der Waals surface area (Å²) in [5, 5.41) is 56.0. The van der Waals surface area contributed by atoms with Gasteiger partial charge in [-0.1, -0.05) is 12.1 Å². The number of esters is 2. The van der Waals surface area contributed by atoms with Crippen molar-refractivity contribution in [3.63, 3.8) is 0 Å². The van der Waals surface area contributed by atoms with E-state index >= 15 is 0 Å². The molecule has 0 aromatic heterocycles. The first-order chi connectivity index (χ1) is 16.0. The lowest BCUT2D eigenvalue weighted by Crippen LogP contribution is -2.45. The fourth-order valence-corrected chi connectivity index (χ4v) is 2.63. The van der Waals surface area contributed by atoms with E-state index in [1.807, 2.05) is 0 Å². The molecule has 2 aromatic carbocycles. The Morgan fingerprint density at radius 3 is 1.88 bits per heavy atom. The van der Waals surface area contributed by atoms with Crippen LogP contribution in [-0.4, -0.2) is 66.7 Å². The summed E-state index contributed by atoms with van der Waals surface area (Å²) in [7, 11) is 0. The van der Waals surface area contributed by atoms with Crippen LogP contribution in [0.15, 0.2) is 42.5 Å². The van der Waals surface area contributed by atoms with Gasteiger partial charge in [0, 0.05) is 12.5 Å². The highest BCUT2D eigenvalue weighted by Gasteiger charge is 2.40. The first-order valence-corrected chi connectivity index (χ1v) is 9.54. The summed E-state index contributed by atoms with van der Waals surface area (Å²) in [6, 6.07) is 7.33. The van der Waals surface area contributed by atoms with Gasteiger partial charge in [0.05, 0.1) is 0 Å². The van der Waals surface area contributed by atoms with E-state index in [4.69, 9.17) is 4.74 Å². The smallest absolute Gasteiger partial charge is 0.349 e. The number of ether oxygens (including phenoxy) is 2. The SMILES string of the molecule is O=C(/C=C/c1ccc(O)c(O)c1)OC(C(=O)O)C(OC(=O)CCc1ccc(O)c(O)c1)C(=O)O. The van der Waals surface area contributed by atoms with Crippen LogP contribution in [0.1, 0.15) is 17.5 Å². The van der Waals surface area contributed by atoms with Crippen molar-refractivity contribution in [1.29, 1.82) is 0 Å². The fraction of sp³-hybridized carbons (Fsp3) is 0.182. The summed E-state index contributed by atoms with van der Waals surface area (Å²) >= 11 is 0. The zero-order valence-electron chi connectivity index (χ0n) is 17.3. The minimum Gasteiger partial charge on any atom is -0.504 e. The Morgan fingerprint density at radius 1 is 0.765 bits per heavy atom. The van der Waals surface area contributed by atoms with Crippen LogP contribution in [0.5, 0.6) is 23.0 Å². The molecule has 0 aliphatic rings. The van der Waals surface area contributed by atoms with Crippen molar-refractivity contribution in [3.05, 3.63) is 53.6 Å². The number of aromatic hydroxyl groups is 4. The van der Waals surface area contributed by atoms with Gasteiger partial charge < -0.3 is 40.1 Å². The van der Waals surface area contributed by atoms with Gasteiger partial charge in [-0.3, -0.25) is 4.79 Å². The van der Waals surface area contributed by atoms with Crippen molar-refractivity contribution >= 4 is 30.0 Å². The first-order valence-electron chi connectivity index (χ1n) is 9.54. The lowest BCUT2D eigenvalue weighted by atomic mass is 10.1. The Kier molecular flexibility index (Phi) is 8.42. The van der Waals surface area contributed by atoms with Gasteiger partial charge in [-0.2, -0.15) is 0 Å². The average molecular weight is 476 g/mol. The summed E-state index contributed by atoms with van der Waals surface area (Å²) in [5.41, 5.74) is 0.645. The molecular formula is C22H20O12. The molecule has 6 N–H and O–H groups in total. The number of aliphatic carboxylic acids is 2. The largest absolute Gasteiger partial charge is 0.504 e. The van der Waals surface area contributed by atoms with Gasteiger partial charge in [0.15, 0.2) is 23.0 Å². The number of carbonyl (C=O) groups excluding carboxylic acids is 2. The second-order valence-corrected chi connectivity index (χ2v) is 6.85. The number of carboxylic acid groups (broad SMARTS) is 2. The Hall–Kier alpha value is -4.74. The molecular weight excluding hydrogens is 456 g/mol. The molecule has 0 bridgehead atoms. The van der Waals surface area contributed by atoms with Crippen molar-refractivity contribution in [2.24, 2.45) is 0 Å². The molecule has 0 amide bonds. The third-order valence-corrected chi connectivity index (χ3v) is 4.33. The number of aryl methyl sites for hydroxylation is 1. The Balaban J connectivity index is 2.04. The Bertz CT molecular complexity index is 1120. The molecule has 0 fully saturated rings. The van der Waals surface area contributed by atoms with E-state index in [2.05, 4.69) is 4.74 Å². The van der Waals surface area contributed by atoms with E-state index in [0.717, 1.165) is 24.3 Å². The fourth-order valence-electron chi connectivity index (χ4n) is 2.63. The van der Waals surface area contributed by atoms with Crippen LogP contribution in [0, 0.1) is 0 Å². The standard InChI is InChI=1S/C22H20O12/c23-13-5-1-11(9-15(13)25)3-7-17(27)33-19(21(29)30)20(22(31)32)34-18(28)8-4-12-2-6-14(24)16(26)10-12/h1-3,5-7,9-10,19-20,23-26H,4,8H2,(H,29,30)(H,31,32)/b7-3+. The molecule has 2 atom stereocenters. The van der Waals surface area contributed by atoms with Crippen molar-refractivity contribution in [3.8, 4) is 23.0 Å². The number of carbonyl (C=O) groups is 4. The van der Waals surface area contributed by atoms with E-state index in [-0.39, 0.29) is 17.7 Å². The number of hydrogen-bond donors (Lipinski definition) is 6. The number of rotatable bonds is 10. The van der Waals surface area contributed by atoms with Crippen molar-refractivity contribution in [2.75, 3.05) is 0 Å². The van der Waals surface area contributed by atoms with Gasteiger partial charge >= 0.3 is 23.9 Å². The quantitative estimate of drug-likeness (QED) is 0.162. The summed E-state index contributed by atoms with van der Waals surface area (Å²) in [6.07, 6.45) is -3.30. The van der Waals surface area contributed by atoms with Gasteiger partial charge in [-0.05, 0) is 47.9 Å². The van der Waals surface area contributed by atoms with Crippen LogP contribution in [0.2, 0.25) is 0 Å². The molecule has 34 heavy (non-hydrogen) atoms. The van der Waals surface area contributed by atoms with Crippen LogP contribution in [0.4, 0.5) is 0 Å². The molecule has 0 saturated heterocycles. The Labute approximate surface area is 191 Å². The number of phenolic OH excluding ortho intramolecular Hbond substituents is 4. The number of carboxylic acids is 2. The van der Waals surface area contributed by atoms with Crippen LogP contribution >= 0.6 is 0 Å². The van der Waals surface area contributed by atoms with Crippen LogP contribution in [0.3, 0.4) is 0 Å². The normalized spacial score (nSPS) is 12.6. The van der Waals surface area contributed by atoms with E-state index in [1.54, 1.807) is 0 Å². The maximum Gasteiger partial charge on any atom is 0.349 e. The van der Waals surface area contributed by atoms with Gasteiger partial charge in [-0.25, -0.2) is 14.4 Å². The lowest BCUT2D eigenvalue weighted by molar-refractivity contribution is -0.185. The molecule has 12 heteroatoms. The third-order valence-electron chi connectivity index (χ3n) is 4.33. The predicted molar refractivity (Wildman–Crippen MR) is 112 cm³/mol. The monoisotopic (exact) mass is 476 g/mol. The average Bonchev–Trinajstić information content (AvgIpc) is 2.77. The van der Waals surface area contributed by atoms with E-state index in [1.165, 1.54) is 24.3 Å². The minimum atomic E-state index is -2.37. The van der Waals surface area contributed by atoms with Crippen molar-refractivity contribution < 1.29 is 59.3 Å². The molecule has 2 unspecified atom stereocenters. The van der Waals surface area contributed by atoms with E-state index in [0.29, 0.717) is 5.56 Å². The Morgan fingerprint density at radius 2 is 1.32 bits per heavy atom. The topological polar surface area (TPSA) is 208 Å². The van der Waals surface area contributed by atoms with Crippen LogP contribution in [0.25, 0.3) is 6.08 Å². The zero-order valence-corrected chi connectivity index (χ0v) is 17.3. The summed E-state index contributed by atoms with van der Waals surface area (Å²) in [4.78, 5) is 47.1. The molecule has 0 aliphatic carbocycles. The number of hydrogen-bond acceptors (Lipinski definition) is 10. The van der Waals surface area contributed by atoms with Gasteiger partial charge in [0.1, 0.15) is 0 Å². The molecule has 0 heterocycles.